The van der Waals surface area contributed by atoms with Crippen molar-refractivity contribution in [2.75, 3.05) is 20.3 Å². The van der Waals surface area contributed by atoms with Gasteiger partial charge in [-0.05, 0) is 49.6 Å². The topological polar surface area (TPSA) is 27.7 Å². The average Bonchev–Trinajstić information content (AvgIpc) is 2.54. The molecule has 0 unspecified atom stereocenters. The Morgan fingerprint density at radius 3 is 2.22 bits per heavy atom. The standard InChI is InChI=1S/C18H20Cl2O3/c1-13-5-8-16(18(11-13)21-2)22-9-3-4-10-23-17-12-14(19)6-7-15(17)20/h5-8,11-12H,3-4,9-10H2,1-2H3. The lowest BCUT2D eigenvalue weighted by Crippen LogP contribution is -2.03. The molecule has 0 bridgehead atoms. The maximum Gasteiger partial charge on any atom is 0.161 e. The lowest BCUT2D eigenvalue weighted by molar-refractivity contribution is 0.258. The number of aryl methyl sites for hydroxylation is 1. The van der Waals surface area contributed by atoms with Gasteiger partial charge in [0.25, 0.3) is 0 Å². The number of ether oxygens (including phenoxy) is 3. The Kier molecular flexibility index (Phi) is 6.87. The zero-order valence-electron chi connectivity index (χ0n) is 13.3. The van der Waals surface area contributed by atoms with Crippen molar-refractivity contribution in [2.45, 2.75) is 19.8 Å². The van der Waals surface area contributed by atoms with Gasteiger partial charge in [0.05, 0.1) is 25.3 Å². The zero-order valence-corrected chi connectivity index (χ0v) is 14.8. The van der Waals surface area contributed by atoms with E-state index in [1.807, 2.05) is 25.1 Å². The van der Waals surface area contributed by atoms with Crippen molar-refractivity contribution in [3.05, 3.63) is 52.0 Å². The molecule has 0 aliphatic rings. The molecule has 0 amide bonds. The van der Waals surface area contributed by atoms with Crippen LogP contribution in [0.5, 0.6) is 17.2 Å². The van der Waals surface area contributed by atoms with Crippen LogP contribution in [-0.4, -0.2) is 20.3 Å². The summed E-state index contributed by atoms with van der Waals surface area (Å²) in [6.07, 6.45) is 1.73. The normalized spacial score (nSPS) is 10.4. The third kappa shape index (κ3) is 5.52. The third-order valence-corrected chi connectivity index (χ3v) is 3.81. The number of unbranched alkanes of at least 4 members (excludes halogenated alkanes) is 1. The van der Waals surface area contributed by atoms with Crippen molar-refractivity contribution in [2.24, 2.45) is 0 Å². The molecule has 0 radical (unpaired) electrons. The number of benzene rings is 2. The van der Waals surface area contributed by atoms with Crippen molar-refractivity contribution in [3.63, 3.8) is 0 Å². The second-order valence-corrected chi connectivity index (χ2v) is 5.98. The smallest absolute Gasteiger partial charge is 0.161 e. The Bertz CT molecular complexity index is 644. The molecule has 0 aliphatic heterocycles. The van der Waals surface area contributed by atoms with Crippen molar-refractivity contribution >= 4 is 23.2 Å². The van der Waals surface area contributed by atoms with Crippen LogP contribution in [0.25, 0.3) is 0 Å². The molecular weight excluding hydrogens is 335 g/mol. The maximum absolute atomic E-state index is 6.04. The minimum Gasteiger partial charge on any atom is -0.493 e. The van der Waals surface area contributed by atoms with Crippen molar-refractivity contribution in [1.29, 1.82) is 0 Å². The molecule has 0 aromatic heterocycles. The van der Waals surface area contributed by atoms with E-state index in [1.165, 1.54) is 0 Å². The Morgan fingerprint density at radius 1 is 0.826 bits per heavy atom. The molecule has 0 fully saturated rings. The number of methoxy groups -OCH3 is 1. The first-order valence-electron chi connectivity index (χ1n) is 7.45. The first kappa shape index (κ1) is 17.8. The highest BCUT2D eigenvalue weighted by molar-refractivity contribution is 6.34. The second kappa shape index (κ2) is 8.90. The van der Waals surface area contributed by atoms with E-state index in [9.17, 15) is 0 Å². The van der Waals surface area contributed by atoms with Gasteiger partial charge in [-0.3, -0.25) is 0 Å². The van der Waals surface area contributed by atoms with E-state index in [0.29, 0.717) is 29.0 Å². The summed E-state index contributed by atoms with van der Waals surface area (Å²) >= 11 is 12.0. The molecule has 2 aromatic carbocycles. The fraction of sp³-hybridized carbons (Fsp3) is 0.333. The van der Waals surface area contributed by atoms with Gasteiger partial charge < -0.3 is 14.2 Å². The summed E-state index contributed by atoms with van der Waals surface area (Å²) in [4.78, 5) is 0. The largest absolute Gasteiger partial charge is 0.493 e. The van der Waals surface area contributed by atoms with Gasteiger partial charge in [0.1, 0.15) is 5.75 Å². The number of hydrogen-bond donors (Lipinski definition) is 0. The molecular formula is C18H20Cl2O3. The number of halogens is 2. The van der Waals surface area contributed by atoms with E-state index in [-0.39, 0.29) is 0 Å². The van der Waals surface area contributed by atoms with Crippen LogP contribution in [0.15, 0.2) is 36.4 Å². The first-order valence-corrected chi connectivity index (χ1v) is 8.21. The predicted molar refractivity (Wildman–Crippen MR) is 94.4 cm³/mol. The van der Waals surface area contributed by atoms with Crippen LogP contribution in [0.4, 0.5) is 0 Å². The van der Waals surface area contributed by atoms with E-state index in [2.05, 4.69) is 0 Å². The van der Waals surface area contributed by atoms with Gasteiger partial charge in [-0.25, -0.2) is 0 Å². The summed E-state index contributed by atoms with van der Waals surface area (Å²) in [7, 11) is 1.64. The Labute approximate surface area is 147 Å². The van der Waals surface area contributed by atoms with Crippen LogP contribution in [0.1, 0.15) is 18.4 Å². The van der Waals surface area contributed by atoms with Crippen LogP contribution in [0, 0.1) is 6.92 Å². The van der Waals surface area contributed by atoms with Crippen molar-refractivity contribution < 1.29 is 14.2 Å². The molecule has 2 rings (SSSR count). The Hall–Kier alpha value is -1.58. The van der Waals surface area contributed by atoms with Crippen LogP contribution in [-0.2, 0) is 0 Å². The summed E-state index contributed by atoms with van der Waals surface area (Å²) < 4.78 is 16.7. The lowest BCUT2D eigenvalue weighted by atomic mass is 10.2. The highest BCUT2D eigenvalue weighted by atomic mass is 35.5. The zero-order chi connectivity index (χ0) is 16.7. The molecule has 3 nitrogen and oxygen atoms in total. The van der Waals surface area contributed by atoms with Gasteiger partial charge in [0, 0.05) is 11.1 Å². The molecule has 0 saturated carbocycles. The quantitative estimate of drug-likeness (QED) is 0.581. The van der Waals surface area contributed by atoms with Crippen LogP contribution >= 0.6 is 23.2 Å². The molecule has 23 heavy (non-hydrogen) atoms. The molecule has 2 aromatic rings. The molecule has 0 atom stereocenters. The third-order valence-electron chi connectivity index (χ3n) is 3.27. The summed E-state index contributed by atoms with van der Waals surface area (Å²) in [6, 6.07) is 11.1. The van der Waals surface area contributed by atoms with Gasteiger partial charge in [-0.15, -0.1) is 0 Å². The SMILES string of the molecule is COc1cc(C)ccc1OCCCCOc1cc(Cl)ccc1Cl. The van der Waals surface area contributed by atoms with Crippen molar-refractivity contribution in [3.8, 4) is 17.2 Å². The van der Waals surface area contributed by atoms with E-state index < -0.39 is 0 Å². The van der Waals surface area contributed by atoms with Gasteiger partial charge in [-0.1, -0.05) is 29.3 Å². The lowest BCUT2D eigenvalue weighted by Gasteiger charge is -2.12. The fourth-order valence-electron chi connectivity index (χ4n) is 2.05. The minimum absolute atomic E-state index is 0.564. The molecule has 0 saturated heterocycles. The van der Waals surface area contributed by atoms with Gasteiger partial charge >= 0.3 is 0 Å². The van der Waals surface area contributed by atoms with Gasteiger partial charge in [0.15, 0.2) is 11.5 Å². The Balaban J connectivity index is 1.71. The highest BCUT2D eigenvalue weighted by Gasteiger charge is 2.05. The van der Waals surface area contributed by atoms with E-state index in [0.717, 1.165) is 29.9 Å². The van der Waals surface area contributed by atoms with E-state index in [1.54, 1.807) is 25.3 Å². The summed E-state index contributed by atoms with van der Waals surface area (Å²) in [5.74, 6) is 2.13. The minimum atomic E-state index is 0.564. The number of hydrogen-bond acceptors (Lipinski definition) is 3. The van der Waals surface area contributed by atoms with Gasteiger partial charge in [-0.2, -0.15) is 0 Å². The summed E-state index contributed by atoms with van der Waals surface area (Å²) in [5, 5.41) is 1.18. The van der Waals surface area contributed by atoms with E-state index >= 15 is 0 Å². The van der Waals surface area contributed by atoms with Crippen LogP contribution in [0.2, 0.25) is 10.0 Å². The van der Waals surface area contributed by atoms with E-state index in [4.69, 9.17) is 37.4 Å². The molecule has 0 aliphatic carbocycles. The molecule has 124 valence electrons. The van der Waals surface area contributed by atoms with Crippen LogP contribution in [0.3, 0.4) is 0 Å². The molecule has 5 heteroatoms. The average molecular weight is 355 g/mol. The van der Waals surface area contributed by atoms with Crippen molar-refractivity contribution in [1.82, 2.24) is 0 Å². The number of rotatable bonds is 8. The predicted octanol–water partition coefficient (Wildman–Crippen LogP) is 5.55. The Morgan fingerprint density at radius 2 is 1.52 bits per heavy atom. The summed E-state index contributed by atoms with van der Waals surface area (Å²) in [6.45, 7) is 3.19. The van der Waals surface area contributed by atoms with Gasteiger partial charge in [0.2, 0.25) is 0 Å². The monoisotopic (exact) mass is 354 g/mol. The molecule has 0 N–H and O–H groups in total. The molecule has 0 heterocycles. The first-order chi connectivity index (χ1) is 11.1. The second-order valence-electron chi connectivity index (χ2n) is 5.13. The molecule has 0 spiro atoms. The maximum atomic E-state index is 6.04. The van der Waals surface area contributed by atoms with Crippen LogP contribution < -0.4 is 14.2 Å². The highest BCUT2D eigenvalue weighted by Crippen LogP contribution is 2.29. The fourth-order valence-corrected chi connectivity index (χ4v) is 2.38. The summed E-state index contributed by atoms with van der Waals surface area (Å²) in [5.41, 5.74) is 1.14.